The van der Waals surface area contributed by atoms with Gasteiger partial charge in [0.05, 0.1) is 18.8 Å². The van der Waals surface area contributed by atoms with Gasteiger partial charge in [0.1, 0.15) is 5.75 Å². The Morgan fingerprint density at radius 1 is 0.939 bits per heavy atom. The van der Waals surface area contributed by atoms with Crippen LogP contribution in [0.3, 0.4) is 0 Å². The molecule has 0 atom stereocenters. The quantitative estimate of drug-likeness (QED) is 0.436. The zero-order valence-corrected chi connectivity index (χ0v) is 19.4. The maximum absolute atomic E-state index is 13.1. The van der Waals surface area contributed by atoms with Crippen LogP contribution in [0.25, 0.3) is 0 Å². The first-order valence-electron chi connectivity index (χ1n) is 11.2. The zero-order chi connectivity index (χ0) is 23.6. The van der Waals surface area contributed by atoms with Gasteiger partial charge >= 0.3 is 0 Å². The molecule has 0 unspecified atom stereocenters. The molecule has 0 bridgehead atoms. The Kier molecular flexibility index (Phi) is 8.47. The van der Waals surface area contributed by atoms with Gasteiger partial charge in [0, 0.05) is 23.5 Å². The second-order valence-corrected chi connectivity index (χ2v) is 8.07. The van der Waals surface area contributed by atoms with Crippen molar-refractivity contribution in [1.82, 2.24) is 0 Å². The van der Waals surface area contributed by atoms with E-state index in [-0.39, 0.29) is 18.4 Å². The molecule has 2 amide bonds. The van der Waals surface area contributed by atoms with Gasteiger partial charge in [-0.25, -0.2) is 0 Å². The zero-order valence-electron chi connectivity index (χ0n) is 19.4. The van der Waals surface area contributed by atoms with Crippen LogP contribution in [0.2, 0.25) is 0 Å². The number of amides is 2. The molecule has 172 valence electrons. The number of nitrogens with zero attached hydrogens (tertiary/aromatic N) is 1. The lowest BCUT2D eigenvalue weighted by Crippen LogP contribution is -2.30. The van der Waals surface area contributed by atoms with Crippen LogP contribution in [0.5, 0.6) is 5.75 Å². The van der Waals surface area contributed by atoms with Gasteiger partial charge in [-0.1, -0.05) is 50.2 Å². The second kappa shape index (κ2) is 11.7. The summed E-state index contributed by atoms with van der Waals surface area (Å²) in [6.07, 6.45) is 0. The fourth-order valence-electron chi connectivity index (χ4n) is 3.30. The predicted octanol–water partition coefficient (Wildman–Crippen LogP) is 5.44. The van der Waals surface area contributed by atoms with Gasteiger partial charge in [0.25, 0.3) is 5.91 Å². The van der Waals surface area contributed by atoms with Gasteiger partial charge in [0.2, 0.25) is 5.91 Å². The van der Waals surface area contributed by atoms with Gasteiger partial charge in [0.15, 0.2) is 0 Å². The highest BCUT2D eigenvalue weighted by Gasteiger charge is 2.16. The van der Waals surface area contributed by atoms with Gasteiger partial charge in [-0.15, -0.1) is 0 Å². The summed E-state index contributed by atoms with van der Waals surface area (Å²) >= 11 is 0. The van der Waals surface area contributed by atoms with E-state index in [1.165, 1.54) is 0 Å². The number of anilines is 3. The average molecular weight is 446 g/mol. The summed E-state index contributed by atoms with van der Waals surface area (Å²) in [5.41, 5.74) is 2.74. The average Bonchev–Trinajstić information content (AvgIpc) is 2.83. The molecule has 0 radical (unpaired) electrons. The molecule has 0 aliphatic rings. The third kappa shape index (κ3) is 6.84. The molecule has 0 fully saturated rings. The number of para-hydroxylation sites is 3. The van der Waals surface area contributed by atoms with Crippen LogP contribution in [0, 0.1) is 5.92 Å². The SMILES string of the molecule is CCN(C(=O)c1cccc(NCC(=O)Nc2ccccc2OCC(C)C)c1)c1ccccc1. The monoisotopic (exact) mass is 445 g/mol. The maximum atomic E-state index is 13.1. The van der Waals surface area contributed by atoms with E-state index in [0.717, 1.165) is 5.69 Å². The number of benzene rings is 3. The van der Waals surface area contributed by atoms with Crippen molar-refractivity contribution in [2.75, 3.05) is 35.2 Å². The first-order chi connectivity index (χ1) is 16.0. The number of carbonyl (C=O) groups excluding carboxylic acids is 2. The normalized spacial score (nSPS) is 10.5. The van der Waals surface area contributed by atoms with E-state index in [1.54, 1.807) is 23.1 Å². The van der Waals surface area contributed by atoms with Crippen molar-refractivity contribution < 1.29 is 14.3 Å². The number of ether oxygens (including phenoxy) is 1. The van der Waals surface area contributed by atoms with E-state index in [1.807, 2.05) is 67.6 Å². The van der Waals surface area contributed by atoms with Crippen LogP contribution in [0.15, 0.2) is 78.9 Å². The Labute approximate surface area is 195 Å². The molecular formula is C27H31N3O3. The van der Waals surface area contributed by atoms with E-state index in [4.69, 9.17) is 4.74 Å². The first-order valence-corrected chi connectivity index (χ1v) is 11.2. The lowest BCUT2D eigenvalue weighted by atomic mass is 10.1. The van der Waals surface area contributed by atoms with Gasteiger partial charge < -0.3 is 20.3 Å². The second-order valence-electron chi connectivity index (χ2n) is 8.07. The molecule has 0 aliphatic carbocycles. The van der Waals surface area contributed by atoms with Crippen molar-refractivity contribution in [3.8, 4) is 5.75 Å². The van der Waals surface area contributed by atoms with Gasteiger partial charge in [-0.2, -0.15) is 0 Å². The standard InChI is InChI=1S/C27H31N3O3/c1-4-30(23-13-6-5-7-14-23)27(32)21-11-10-12-22(17-21)28-18-26(31)29-24-15-8-9-16-25(24)33-19-20(2)3/h5-17,20,28H,4,18-19H2,1-3H3,(H,29,31). The molecule has 3 aromatic rings. The molecule has 2 N–H and O–H groups in total. The minimum absolute atomic E-state index is 0.0618. The lowest BCUT2D eigenvalue weighted by Gasteiger charge is -2.21. The van der Waals surface area contributed by atoms with Crippen molar-refractivity contribution in [2.24, 2.45) is 5.92 Å². The molecule has 3 rings (SSSR count). The van der Waals surface area contributed by atoms with E-state index in [0.29, 0.717) is 41.8 Å². The molecule has 0 aromatic heterocycles. The van der Waals surface area contributed by atoms with E-state index < -0.39 is 0 Å². The molecule has 6 heteroatoms. The third-order valence-corrected chi connectivity index (χ3v) is 4.93. The fourth-order valence-corrected chi connectivity index (χ4v) is 3.30. The summed E-state index contributed by atoms with van der Waals surface area (Å²) in [6.45, 7) is 7.28. The molecule has 0 heterocycles. The van der Waals surface area contributed by atoms with Crippen LogP contribution in [0.4, 0.5) is 17.1 Å². The summed E-state index contributed by atoms with van der Waals surface area (Å²) < 4.78 is 5.80. The van der Waals surface area contributed by atoms with Crippen LogP contribution in [-0.2, 0) is 4.79 Å². The minimum Gasteiger partial charge on any atom is -0.491 e. The van der Waals surface area contributed by atoms with E-state index in [2.05, 4.69) is 24.5 Å². The number of rotatable bonds is 10. The largest absolute Gasteiger partial charge is 0.491 e. The molecule has 0 saturated heterocycles. The minimum atomic E-state index is -0.202. The van der Waals surface area contributed by atoms with Crippen LogP contribution in [0.1, 0.15) is 31.1 Å². The lowest BCUT2D eigenvalue weighted by molar-refractivity contribution is -0.114. The Balaban J connectivity index is 1.62. The smallest absolute Gasteiger partial charge is 0.258 e. The van der Waals surface area contributed by atoms with Gasteiger partial charge in [-0.3, -0.25) is 9.59 Å². The molecule has 0 saturated carbocycles. The number of carbonyl (C=O) groups is 2. The molecule has 6 nitrogen and oxygen atoms in total. The molecule has 0 aliphatic heterocycles. The summed E-state index contributed by atoms with van der Waals surface area (Å²) in [4.78, 5) is 27.3. The fraction of sp³-hybridized carbons (Fsp3) is 0.259. The Morgan fingerprint density at radius 2 is 1.67 bits per heavy atom. The molecule has 3 aromatic carbocycles. The Hall–Kier alpha value is -3.80. The molecular weight excluding hydrogens is 414 g/mol. The summed E-state index contributed by atoms with van der Waals surface area (Å²) in [5.74, 6) is 0.739. The third-order valence-electron chi connectivity index (χ3n) is 4.93. The number of hydrogen-bond donors (Lipinski definition) is 2. The van der Waals surface area contributed by atoms with E-state index >= 15 is 0 Å². The van der Waals surface area contributed by atoms with Crippen LogP contribution >= 0.6 is 0 Å². The number of nitrogens with one attached hydrogen (secondary N) is 2. The highest BCUT2D eigenvalue weighted by atomic mass is 16.5. The maximum Gasteiger partial charge on any atom is 0.258 e. The number of hydrogen-bond acceptors (Lipinski definition) is 4. The first kappa shape index (κ1) is 23.9. The van der Waals surface area contributed by atoms with Crippen LogP contribution < -0.4 is 20.3 Å². The Morgan fingerprint density at radius 3 is 2.39 bits per heavy atom. The summed E-state index contributed by atoms with van der Waals surface area (Å²) in [7, 11) is 0. The van der Waals surface area contributed by atoms with Gasteiger partial charge in [-0.05, 0) is 55.3 Å². The summed E-state index contributed by atoms with van der Waals surface area (Å²) in [5, 5.41) is 5.99. The Bertz CT molecular complexity index is 1070. The highest BCUT2D eigenvalue weighted by molar-refractivity contribution is 6.06. The van der Waals surface area contributed by atoms with Crippen molar-refractivity contribution in [1.29, 1.82) is 0 Å². The van der Waals surface area contributed by atoms with Crippen molar-refractivity contribution in [3.63, 3.8) is 0 Å². The predicted molar refractivity (Wildman–Crippen MR) is 134 cm³/mol. The molecule has 33 heavy (non-hydrogen) atoms. The highest BCUT2D eigenvalue weighted by Crippen LogP contribution is 2.24. The van der Waals surface area contributed by atoms with Crippen molar-refractivity contribution in [2.45, 2.75) is 20.8 Å². The topological polar surface area (TPSA) is 70.7 Å². The van der Waals surface area contributed by atoms with E-state index in [9.17, 15) is 9.59 Å². The van der Waals surface area contributed by atoms with Crippen LogP contribution in [-0.4, -0.2) is 31.5 Å². The van der Waals surface area contributed by atoms with Crippen molar-refractivity contribution >= 4 is 28.9 Å². The van der Waals surface area contributed by atoms with Crippen molar-refractivity contribution in [3.05, 3.63) is 84.4 Å². The molecule has 0 spiro atoms. The summed E-state index contributed by atoms with van der Waals surface area (Å²) in [6, 6.07) is 24.1.